The quantitative estimate of drug-likeness (QED) is 0.893. The van der Waals surface area contributed by atoms with Gasteiger partial charge in [0.25, 0.3) is 0 Å². The van der Waals surface area contributed by atoms with Crippen molar-refractivity contribution in [1.29, 1.82) is 0 Å². The van der Waals surface area contributed by atoms with Gasteiger partial charge in [-0.15, -0.1) is 11.3 Å². The van der Waals surface area contributed by atoms with Crippen molar-refractivity contribution in [2.45, 2.75) is 44.7 Å². The summed E-state index contributed by atoms with van der Waals surface area (Å²) in [6.07, 6.45) is 3.34. The molecule has 0 aromatic carbocycles. The van der Waals surface area contributed by atoms with Gasteiger partial charge in [0, 0.05) is 18.1 Å². The lowest BCUT2D eigenvalue weighted by molar-refractivity contribution is -0.148. The number of carboxylic acids is 1. The van der Waals surface area contributed by atoms with E-state index in [0.29, 0.717) is 19.4 Å². The molecule has 0 radical (unpaired) electrons. The average molecular weight is 297 g/mol. The standard InChI is InChI=1S/C13H19N3O3S/c1-3-13(11(17)18)5-4-7-16(13)12(19)15-9(2)10-14-6-8-20-10/h6,8-9H,3-5,7H2,1-2H3,(H,15,19)(H,17,18). The molecule has 2 N–H and O–H groups in total. The van der Waals surface area contributed by atoms with Crippen molar-refractivity contribution >= 4 is 23.3 Å². The van der Waals surface area contributed by atoms with Crippen LogP contribution in [0.15, 0.2) is 11.6 Å². The van der Waals surface area contributed by atoms with Crippen LogP contribution >= 0.6 is 11.3 Å². The highest BCUT2D eigenvalue weighted by Gasteiger charge is 2.48. The monoisotopic (exact) mass is 297 g/mol. The Morgan fingerprint density at radius 2 is 2.40 bits per heavy atom. The van der Waals surface area contributed by atoms with Crippen molar-refractivity contribution < 1.29 is 14.7 Å². The van der Waals surface area contributed by atoms with E-state index in [0.717, 1.165) is 11.4 Å². The largest absolute Gasteiger partial charge is 0.479 e. The Morgan fingerprint density at radius 3 is 2.95 bits per heavy atom. The Morgan fingerprint density at radius 1 is 1.65 bits per heavy atom. The van der Waals surface area contributed by atoms with Crippen LogP contribution in [0.3, 0.4) is 0 Å². The number of carbonyl (C=O) groups excluding carboxylic acids is 1. The van der Waals surface area contributed by atoms with Crippen molar-refractivity contribution in [1.82, 2.24) is 15.2 Å². The van der Waals surface area contributed by atoms with Gasteiger partial charge in [-0.2, -0.15) is 0 Å². The first kappa shape index (κ1) is 14.8. The number of hydrogen-bond donors (Lipinski definition) is 2. The van der Waals surface area contributed by atoms with Gasteiger partial charge in [-0.1, -0.05) is 6.92 Å². The molecule has 2 amide bonds. The summed E-state index contributed by atoms with van der Waals surface area (Å²) in [4.78, 5) is 29.5. The zero-order valence-corrected chi connectivity index (χ0v) is 12.4. The molecule has 7 heteroatoms. The Labute approximate surface area is 121 Å². The zero-order chi connectivity index (χ0) is 14.8. The molecule has 1 aliphatic heterocycles. The van der Waals surface area contributed by atoms with Gasteiger partial charge in [-0.05, 0) is 26.2 Å². The number of rotatable bonds is 4. The van der Waals surface area contributed by atoms with Crippen LogP contribution in [0.1, 0.15) is 44.2 Å². The Balaban J connectivity index is 2.10. The smallest absolute Gasteiger partial charge is 0.329 e. The minimum absolute atomic E-state index is 0.216. The molecule has 0 saturated carbocycles. The molecule has 2 unspecified atom stereocenters. The molecule has 1 aromatic rings. The molecule has 6 nitrogen and oxygen atoms in total. The summed E-state index contributed by atoms with van der Waals surface area (Å²) in [6, 6.07) is -0.541. The SMILES string of the molecule is CCC1(C(=O)O)CCCN1C(=O)NC(C)c1nccs1. The highest BCUT2D eigenvalue weighted by molar-refractivity contribution is 7.09. The van der Waals surface area contributed by atoms with Crippen LogP contribution in [0.2, 0.25) is 0 Å². The summed E-state index contributed by atoms with van der Waals surface area (Å²) in [5, 5.41) is 15.0. The van der Waals surface area contributed by atoms with E-state index in [-0.39, 0.29) is 12.1 Å². The third-order valence-corrected chi connectivity index (χ3v) is 4.84. The van der Waals surface area contributed by atoms with E-state index in [1.165, 1.54) is 16.2 Å². The lowest BCUT2D eigenvalue weighted by Gasteiger charge is -2.34. The summed E-state index contributed by atoms with van der Waals surface area (Å²) in [5.74, 6) is -0.922. The molecule has 110 valence electrons. The fourth-order valence-corrected chi connectivity index (χ4v) is 3.33. The summed E-state index contributed by atoms with van der Waals surface area (Å²) < 4.78 is 0. The van der Waals surface area contributed by atoms with Crippen LogP contribution in [0.25, 0.3) is 0 Å². The van der Waals surface area contributed by atoms with Crippen LogP contribution in [0.4, 0.5) is 4.79 Å². The van der Waals surface area contributed by atoms with Crippen LogP contribution in [0.5, 0.6) is 0 Å². The van der Waals surface area contributed by atoms with Crippen molar-refractivity contribution in [3.63, 3.8) is 0 Å². The predicted molar refractivity (Wildman–Crippen MR) is 75.7 cm³/mol. The predicted octanol–water partition coefficient (Wildman–Crippen LogP) is 2.24. The Hall–Kier alpha value is -1.63. The molecular weight excluding hydrogens is 278 g/mol. The van der Waals surface area contributed by atoms with E-state index >= 15 is 0 Å². The lowest BCUT2D eigenvalue weighted by atomic mass is 9.93. The number of likely N-dealkylation sites (tertiary alicyclic amines) is 1. The van der Waals surface area contributed by atoms with Crippen molar-refractivity contribution in [2.75, 3.05) is 6.54 Å². The molecule has 1 aromatic heterocycles. The lowest BCUT2D eigenvalue weighted by Crippen LogP contribution is -2.55. The van der Waals surface area contributed by atoms with Crippen LogP contribution in [-0.4, -0.2) is 39.1 Å². The summed E-state index contributed by atoms with van der Waals surface area (Å²) in [6.45, 7) is 4.14. The molecule has 1 aliphatic rings. The fraction of sp³-hybridized carbons (Fsp3) is 0.615. The number of thiazole rings is 1. The van der Waals surface area contributed by atoms with E-state index in [1.54, 1.807) is 6.20 Å². The second kappa shape index (κ2) is 5.78. The van der Waals surface area contributed by atoms with Crippen molar-refractivity contribution in [2.24, 2.45) is 0 Å². The van der Waals surface area contributed by atoms with Crippen LogP contribution < -0.4 is 5.32 Å². The summed E-state index contributed by atoms with van der Waals surface area (Å²) in [5.41, 5.74) is -1.06. The number of carboxylic acid groups (broad SMARTS) is 1. The first-order valence-corrected chi connectivity index (χ1v) is 7.60. The van der Waals surface area contributed by atoms with Crippen molar-refractivity contribution in [3.05, 3.63) is 16.6 Å². The fourth-order valence-electron chi connectivity index (χ4n) is 2.69. The van der Waals surface area contributed by atoms with Gasteiger partial charge in [-0.3, -0.25) is 0 Å². The third kappa shape index (κ3) is 2.49. The van der Waals surface area contributed by atoms with E-state index in [1.807, 2.05) is 19.2 Å². The van der Waals surface area contributed by atoms with Gasteiger partial charge < -0.3 is 15.3 Å². The normalized spacial score (nSPS) is 23.6. The molecular formula is C13H19N3O3S. The number of urea groups is 1. The van der Waals surface area contributed by atoms with Gasteiger partial charge in [0.2, 0.25) is 0 Å². The van der Waals surface area contributed by atoms with Gasteiger partial charge in [0.15, 0.2) is 0 Å². The Bertz CT molecular complexity index is 491. The molecule has 2 rings (SSSR count). The van der Waals surface area contributed by atoms with Gasteiger partial charge in [0.1, 0.15) is 10.5 Å². The summed E-state index contributed by atoms with van der Waals surface area (Å²) >= 11 is 1.47. The molecule has 0 spiro atoms. The van der Waals surface area contributed by atoms with Crippen molar-refractivity contribution in [3.8, 4) is 0 Å². The Kier molecular flexibility index (Phi) is 4.27. The highest BCUT2D eigenvalue weighted by Crippen LogP contribution is 2.33. The zero-order valence-electron chi connectivity index (χ0n) is 11.6. The van der Waals surface area contributed by atoms with Gasteiger partial charge >= 0.3 is 12.0 Å². The molecule has 20 heavy (non-hydrogen) atoms. The molecule has 0 bridgehead atoms. The minimum Gasteiger partial charge on any atom is -0.479 e. The molecule has 2 atom stereocenters. The maximum absolute atomic E-state index is 12.4. The number of nitrogens with one attached hydrogen (secondary N) is 1. The van der Waals surface area contributed by atoms with Gasteiger partial charge in [-0.25, -0.2) is 14.6 Å². The number of amides is 2. The number of aromatic nitrogens is 1. The first-order valence-electron chi connectivity index (χ1n) is 6.72. The van der Waals surface area contributed by atoms with Gasteiger partial charge in [0.05, 0.1) is 6.04 Å². The maximum Gasteiger partial charge on any atom is 0.329 e. The molecule has 2 heterocycles. The van der Waals surface area contributed by atoms with E-state index in [2.05, 4.69) is 10.3 Å². The molecule has 1 fully saturated rings. The topological polar surface area (TPSA) is 82.5 Å². The molecule has 1 saturated heterocycles. The van der Waals surface area contributed by atoms with E-state index in [9.17, 15) is 14.7 Å². The second-order valence-electron chi connectivity index (χ2n) is 4.99. The number of aliphatic carboxylic acids is 1. The minimum atomic E-state index is -1.06. The highest BCUT2D eigenvalue weighted by atomic mass is 32.1. The third-order valence-electron chi connectivity index (χ3n) is 3.88. The number of hydrogen-bond acceptors (Lipinski definition) is 4. The van der Waals surface area contributed by atoms with E-state index in [4.69, 9.17) is 0 Å². The first-order chi connectivity index (χ1) is 9.51. The second-order valence-corrected chi connectivity index (χ2v) is 5.91. The average Bonchev–Trinajstić information content (AvgIpc) is 3.08. The molecule has 0 aliphatic carbocycles. The number of nitrogens with zero attached hydrogens (tertiary/aromatic N) is 2. The van der Waals surface area contributed by atoms with E-state index < -0.39 is 11.5 Å². The van der Waals surface area contributed by atoms with Crippen LogP contribution in [-0.2, 0) is 4.79 Å². The van der Waals surface area contributed by atoms with Crippen LogP contribution in [0, 0.1) is 0 Å². The number of carbonyl (C=O) groups is 2. The summed E-state index contributed by atoms with van der Waals surface area (Å²) in [7, 11) is 0. The maximum atomic E-state index is 12.4.